The summed E-state index contributed by atoms with van der Waals surface area (Å²) in [5.74, 6) is 0.697. The third-order valence-electron chi connectivity index (χ3n) is 2.23. The molecule has 0 aromatic carbocycles. The van der Waals surface area contributed by atoms with Gasteiger partial charge in [0.2, 0.25) is 0 Å². The zero-order valence-corrected chi connectivity index (χ0v) is 10.8. The molecule has 0 aliphatic carbocycles. The van der Waals surface area contributed by atoms with Crippen LogP contribution in [0, 0.1) is 11.3 Å². The Hall–Kier alpha value is 0.290. The van der Waals surface area contributed by atoms with Crippen molar-refractivity contribution in [3.8, 4) is 0 Å². The van der Waals surface area contributed by atoms with Crippen LogP contribution in [0.25, 0.3) is 0 Å². The van der Waals surface area contributed by atoms with E-state index in [9.17, 15) is 0 Å². The molecule has 0 saturated carbocycles. The molecule has 0 aliphatic rings. The maximum absolute atomic E-state index is 6.44. The highest BCUT2D eigenvalue weighted by Gasteiger charge is 2.24. The van der Waals surface area contributed by atoms with Crippen molar-refractivity contribution in [2.24, 2.45) is 11.3 Å². The van der Waals surface area contributed by atoms with Crippen LogP contribution < -0.4 is 0 Å². The molecule has 1 unspecified atom stereocenters. The number of hydrogen-bond acceptors (Lipinski definition) is 0. The van der Waals surface area contributed by atoms with Crippen LogP contribution in [0.15, 0.2) is 0 Å². The second-order valence-corrected chi connectivity index (χ2v) is 6.98. The van der Waals surface area contributed by atoms with Crippen molar-refractivity contribution in [2.45, 2.75) is 65.7 Å². The summed E-state index contributed by atoms with van der Waals surface area (Å²) in [6.45, 7) is 13.5. The van der Waals surface area contributed by atoms with Crippen LogP contribution in [-0.2, 0) is 0 Å². The maximum atomic E-state index is 6.44. The Morgan fingerprint density at radius 3 is 1.77 bits per heavy atom. The summed E-state index contributed by atoms with van der Waals surface area (Å²) in [7, 11) is 0. The Morgan fingerprint density at radius 1 is 1.00 bits per heavy atom. The first-order chi connectivity index (χ1) is 5.62. The summed E-state index contributed by atoms with van der Waals surface area (Å²) in [4.78, 5) is 0.00144. The minimum Gasteiger partial charge on any atom is -0.120 e. The van der Waals surface area contributed by atoms with E-state index in [0.717, 1.165) is 12.8 Å². The van der Waals surface area contributed by atoms with E-state index >= 15 is 0 Å². The molecule has 0 nitrogen and oxygen atoms in total. The van der Waals surface area contributed by atoms with Gasteiger partial charge < -0.3 is 0 Å². The van der Waals surface area contributed by atoms with E-state index in [1.54, 1.807) is 0 Å². The Labute approximate surface area is 89.1 Å². The van der Waals surface area contributed by atoms with E-state index in [4.69, 9.17) is 11.6 Å². The second kappa shape index (κ2) is 4.68. The van der Waals surface area contributed by atoms with E-state index in [2.05, 4.69) is 41.5 Å². The molecule has 0 rings (SSSR count). The van der Waals surface area contributed by atoms with Crippen LogP contribution >= 0.6 is 11.6 Å². The Kier molecular flexibility index (Phi) is 4.79. The smallest absolute Gasteiger partial charge is 0.0421 e. The van der Waals surface area contributed by atoms with Gasteiger partial charge in [-0.05, 0) is 37.5 Å². The Bertz CT molecular complexity index is 140. The van der Waals surface area contributed by atoms with Crippen molar-refractivity contribution in [3.63, 3.8) is 0 Å². The van der Waals surface area contributed by atoms with Crippen molar-refractivity contribution in [1.29, 1.82) is 0 Å². The highest BCUT2D eigenvalue weighted by Crippen LogP contribution is 2.33. The normalized spacial score (nSPS) is 17.5. The van der Waals surface area contributed by atoms with Gasteiger partial charge >= 0.3 is 0 Å². The van der Waals surface area contributed by atoms with Gasteiger partial charge in [-0.1, -0.05) is 34.6 Å². The zero-order valence-electron chi connectivity index (χ0n) is 10.1. The van der Waals surface area contributed by atoms with Crippen LogP contribution in [0.1, 0.15) is 60.8 Å². The molecule has 0 aromatic rings. The molecule has 80 valence electrons. The average molecular weight is 205 g/mol. The summed E-state index contributed by atoms with van der Waals surface area (Å²) in [5.41, 5.74) is 0.410. The van der Waals surface area contributed by atoms with Gasteiger partial charge in [0.05, 0.1) is 0 Å². The quantitative estimate of drug-likeness (QED) is 0.574. The fraction of sp³-hybridized carbons (Fsp3) is 1.00. The van der Waals surface area contributed by atoms with Crippen molar-refractivity contribution < 1.29 is 0 Å². The van der Waals surface area contributed by atoms with E-state index in [1.165, 1.54) is 6.42 Å². The largest absolute Gasteiger partial charge is 0.120 e. The molecule has 1 atom stereocenters. The fourth-order valence-corrected chi connectivity index (χ4v) is 1.99. The maximum Gasteiger partial charge on any atom is 0.0421 e. The first-order valence-electron chi connectivity index (χ1n) is 5.31. The minimum absolute atomic E-state index is 0.00144. The van der Waals surface area contributed by atoms with Gasteiger partial charge in [-0.25, -0.2) is 0 Å². The van der Waals surface area contributed by atoms with E-state index < -0.39 is 0 Å². The third kappa shape index (κ3) is 8.62. The van der Waals surface area contributed by atoms with Crippen molar-refractivity contribution in [2.75, 3.05) is 0 Å². The summed E-state index contributed by atoms with van der Waals surface area (Å²) >= 11 is 6.44. The lowest BCUT2D eigenvalue weighted by atomic mass is 9.84. The van der Waals surface area contributed by atoms with Gasteiger partial charge in [0, 0.05) is 4.87 Å². The first-order valence-corrected chi connectivity index (χ1v) is 5.69. The molecule has 0 radical (unpaired) electrons. The van der Waals surface area contributed by atoms with Gasteiger partial charge in [0.1, 0.15) is 0 Å². The summed E-state index contributed by atoms with van der Waals surface area (Å²) in [5, 5.41) is 0. The number of hydrogen-bond donors (Lipinski definition) is 0. The lowest BCUT2D eigenvalue weighted by molar-refractivity contribution is 0.322. The third-order valence-corrected chi connectivity index (χ3v) is 2.57. The molecule has 0 aromatic heterocycles. The molecule has 0 amide bonds. The first kappa shape index (κ1) is 13.3. The van der Waals surface area contributed by atoms with E-state index in [1.807, 2.05) is 0 Å². The van der Waals surface area contributed by atoms with Gasteiger partial charge in [-0.2, -0.15) is 0 Å². The molecule has 0 heterocycles. The molecule has 0 bridgehead atoms. The lowest BCUT2D eigenvalue weighted by Gasteiger charge is -2.28. The summed E-state index contributed by atoms with van der Waals surface area (Å²) in [6.07, 6.45) is 3.45. The van der Waals surface area contributed by atoms with Gasteiger partial charge in [0.15, 0.2) is 0 Å². The Balaban J connectivity index is 3.89. The monoisotopic (exact) mass is 204 g/mol. The Morgan fingerprint density at radius 2 is 1.46 bits per heavy atom. The lowest BCUT2D eigenvalue weighted by Crippen LogP contribution is -2.21. The number of alkyl halides is 1. The van der Waals surface area contributed by atoms with E-state index in [-0.39, 0.29) is 4.87 Å². The van der Waals surface area contributed by atoms with Gasteiger partial charge in [0.25, 0.3) is 0 Å². The number of halogens is 1. The molecule has 0 aliphatic heterocycles. The predicted octanol–water partition coefficient (Wildman–Crippen LogP) is 4.86. The molecule has 0 saturated heterocycles. The topological polar surface area (TPSA) is 0 Å². The molecular weight excluding hydrogens is 180 g/mol. The van der Waals surface area contributed by atoms with Gasteiger partial charge in [-0.3, -0.25) is 0 Å². The van der Waals surface area contributed by atoms with E-state index in [0.29, 0.717) is 11.3 Å². The number of rotatable bonds is 4. The minimum atomic E-state index is 0.00144. The van der Waals surface area contributed by atoms with Crippen LogP contribution in [-0.4, -0.2) is 4.87 Å². The molecule has 0 fully saturated rings. The molecule has 0 spiro atoms. The SMILES string of the molecule is CC(C)CC(C)(Cl)CCC(C)(C)C. The van der Waals surface area contributed by atoms with Crippen molar-refractivity contribution >= 4 is 11.6 Å². The summed E-state index contributed by atoms with van der Waals surface area (Å²) in [6, 6.07) is 0. The standard InChI is InChI=1S/C12H25Cl/c1-10(2)9-12(6,13)8-7-11(3,4)5/h10H,7-9H2,1-6H3. The highest BCUT2D eigenvalue weighted by atomic mass is 35.5. The molecule has 13 heavy (non-hydrogen) atoms. The van der Waals surface area contributed by atoms with Crippen molar-refractivity contribution in [1.82, 2.24) is 0 Å². The van der Waals surface area contributed by atoms with Crippen LogP contribution in [0.4, 0.5) is 0 Å². The van der Waals surface area contributed by atoms with Gasteiger partial charge in [-0.15, -0.1) is 11.6 Å². The second-order valence-electron chi connectivity index (χ2n) is 6.07. The molecule has 0 N–H and O–H groups in total. The predicted molar refractivity (Wildman–Crippen MR) is 62.4 cm³/mol. The summed E-state index contributed by atoms with van der Waals surface area (Å²) < 4.78 is 0. The van der Waals surface area contributed by atoms with Crippen LogP contribution in [0.5, 0.6) is 0 Å². The molecular formula is C12H25Cl. The molecule has 1 heteroatoms. The van der Waals surface area contributed by atoms with Crippen LogP contribution in [0.2, 0.25) is 0 Å². The van der Waals surface area contributed by atoms with Crippen molar-refractivity contribution in [3.05, 3.63) is 0 Å². The fourth-order valence-electron chi connectivity index (χ4n) is 1.59. The zero-order chi connectivity index (χ0) is 10.7. The highest BCUT2D eigenvalue weighted by molar-refractivity contribution is 6.23. The average Bonchev–Trinajstić information content (AvgIpc) is 1.79. The van der Waals surface area contributed by atoms with Crippen LogP contribution in [0.3, 0.4) is 0 Å².